The Morgan fingerprint density at radius 3 is 1.66 bits per heavy atom. The number of hydrogen-bond donors (Lipinski definition) is 2. The van der Waals surface area contributed by atoms with Gasteiger partial charge in [-0.25, -0.2) is 6.07 Å². The molecule has 0 spiro atoms. The molecule has 0 bridgehead atoms. The standard InChI is InChI=1S/C27H23N2/c1-3-9-20(10-4-1)26(24-13-7-17-28-24)22-15-16-23(19-22)27(25-14-8-18-29-25)21-11-5-2-6-12-21/h1-19,26-29H/q-1. The van der Waals surface area contributed by atoms with Crippen molar-refractivity contribution in [2.24, 2.45) is 0 Å². The van der Waals surface area contributed by atoms with Crippen LogP contribution in [0, 0.1) is 0 Å². The van der Waals surface area contributed by atoms with E-state index in [1.165, 1.54) is 33.6 Å². The molecule has 29 heavy (non-hydrogen) atoms. The number of aromatic amines is 2. The summed E-state index contributed by atoms with van der Waals surface area (Å²) < 4.78 is 0. The van der Waals surface area contributed by atoms with Gasteiger partial charge in [0.25, 0.3) is 0 Å². The molecule has 0 aliphatic heterocycles. The molecule has 0 radical (unpaired) electrons. The first-order valence-corrected chi connectivity index (χ1v) is 10.0. The van der Waals surface area contributed by atoms with E-state index in [1.807, 2.05) is 12.4 Å². The zero-order valence-electron chi connectivity index (χ0n) is 16.1. The van der Waals surface area contributed by atoms with Gasteiger partial charge >= 0.3 is 0 Å². The van der Waals surface area contributed by atoms with Gasteiger partial charge in [0.2, 0.25) is 0 Å². The van der Waals surface area contributed by atoms with Gasteiger partial charge in [-0.1, -0.05) is 60.7 Å². The first-order valence-electron chi connectivity index (χ1n) is 10.0. The van der Waals surface area contributed by atoms with Gasteiger partial charge in [-0.3, -0.25) is 0 Å². The summed E-state index contributed by atoms with van der Waals surface area (Å²) in [5.74, 6) is 0.389. The largest absolute Gasteiger partial charge is 0.365 e. The van der Waals surface area contributed by atoms with E-state index in [2.05, 4.69) is 113 Å². The molecule has 0 fully saturated rings. The lowest BCUT2D eigenvalue weighted by Crippen LogP contribution is -2.04. The first kappa shape index (κ1) is 17.4. The molecule has 5 rings (SSSR count). The van der Waals surface area contributed by atoms with Crippen molar-refractivity contribution in [2.75, 3.05) is 0 Å². The van der Waals surface area contributed by atoms with E-state index < -0.39 is 0 Å². The van der Waals surface area contributed by atoms with Crippen molar-refractivity contribution in [3.05, 3.63) is 149 Å². The highest BCUT2D eigenvalue weighted by Crippen LogP contribution is 2.37. The van der Waals surface area contributed by atoms with Crippen LogP contribution in [0.15, 0.2) is 116 Å². The smallest absolute Gasteiger partial charge is 0.0261 e. The minimum atomic E-state index is 0.194. The van der Waals surface area contributed by atoms with Crippen LogP contribution in [0.25, 0.3) is 0 Å². The summed E-state index contributed by atoms with van der Waals surface area (Å²) in [7, 11) is 0. The summed E-state index contributed by atoms with van der Waals surface area (Å²) in [6, 6.07) is 36.8. The minimum absolute atomic E-state index is 0.194. The van der Waals surface area contributed by atoms with Crippen molar-refractivity contribution in [1.82, 2.24) is 9.97 Å². The molecular weight excluding hydrogens is 352 g/mol. The van der Waals surface area contributed by atoms with E-state index in [0.29, 0.717) is 0 Å². The predicted octanol–water partition coefficient (Wildman–Crippen LogP) is 6.42. The summed E-state index contributed by atoms with van der Waals surface area (Å²) in [6.45, 7) is 0. The summed E-state index contributed by atoms with van der Waals surface area (Å²) in [5, 5.41) is 0. The third kappa shape index (κ3) is 3.45. The maximum atomic E-state index is 3.43. The molecule has 2 N–H and O–H groups in total. The summed E-state index contributed by atoms with van der Waals surface area (Å²) in [4.78, 5) is 6.85. The predicted molar refractivity (Wildman–Crippen MR) is 118 cm³/mol. The molecule has 5 aromatic rings. The second-order valence-corrected chi connectivity index (χ2v) is 7.42. The molecule has 142 valence electrons. The third-order valence-electron chi connectivity index (χ3n) is 5.60. The second kappa shape index (κ2) is 7.76. The molecule has 3 aromatic carbocycles. The van der Waals surface area contributed by atoms with Crippen LogP contribution >= 0.6 is 0 Å². The van der Waals surface area contributed by atoms with Crippen LogP contribution < -0.4 is 0 Å². The van der Waals surface area contributed by atoms with Crippen LogP contribution in [-0.2, 0) is 0 Å². The summed E-state index contributed by atoms with van der Waals surface area (Å²) in [6.07, 6.45) is 4.00. The van der Waals surface area contributed by atoms with Crippen molar-refractivity contribution in [3.8, 4) is 0 Å². The number of benzene rings is 2. The summed E-state index contributed by atoms with van der Waals surface area (Å²) >= 11 is 0. The average Bonchev–Trinajstić information content (AvgIpc) is 3.54. The van der Waals surface area contributed by atoms with E-state index in [1.54, 1.807) is 0 Å². The number of hydrogen-bond acceptors (Lipinski definition) is 0. The van der Waals surface area contributed by atoms with Crippen molar-refractivity contribution in [2.45, 2.75) is 11.8 Å². The first-order chi connectivity index (χ1) is 14.4. The van der Waals surface area contributed by atoms with Crippen molar-refractivity contribution >= 4 is 0 Å². The van der Waals surface area contributed by atoms with E-state index in [9.17, 15) is 0 Å². The third-order valence-corrected chi connectivity index (χ3v) is 5.60. The Balaban J connectivity index is 1.59. The average molecular weight is 375 g/mol. The fourth-order valence-corrected chi connectivity index (χ4v) is 4.28. The van der Waals surface area contributed by atoms with Crippen LogP contribution in [0.4, 0.5) is 0 Å². The van der Waals surface area contributed by atoms with Gasteiger partial charge in [0.15, 0.2) is 0 Å². The number of H-pyrrole nitrogens is 2. The Kier molecular flexibility index (Phi) is 4.67. The highest BCUT2D eigenvalue weighted by atomic mass is 14.7. The zero-order chi connectivity index (χ0) is 19.5. The molecular formula is C27H23N2-. The van der Waals surface area contributed by atoms with Crippen LogP contribution in [0.5, 0.6) is 0 Å². The van der Waals surface area contributed by atoms with Crippen LogP contribution in [0.3, 0.4) is 0 Å². The van der Waals surface area contributed by atoms with Gasteiger partial charge in [-0.2, -0.15) is 23.3 Å². The maximum absolute atomic E-state index is 3.43. The SMILES string of the molecule is c1ccc(C(c2c[cH-]c(C(c3ccccc3)c3ccc[nH]3)c2)c2ccc[nH]2)cc1. The normalized spacial score (nSPS) is 13.2. The maximum Gasteiger partial charge on any atom is 0.0261 e. The monoisotopic (exact) mass is 375 g/mol. The highest BCUT2D eigenvalue weighted by molar-refractivity contribution is 5.48. The van der Waals surface area contributed by atoms with E-state index in [-0.39, 0.29) is 11.8 Å². The molecule has 0 aliphatic carbocycles. The van der Waals surface area contributed by atoms with Gasteiger partial charge in [-0.15, -0.1) is 0 Å². The summed E-state index contributed by atoms with van der Waals surface area (Å²) in [5.41, 5.74) is 7.63. The number of rotatable bonds is 6. The Hall–Kier alpha value is -3.65. The zero-order valence-corrected chi connectivity index (χ0v) is 16.1. The molecule has 0 aliphatic rings. The lowest BCUT2D eigenvalue weighted by Gasteiger charge is -2.22. The van der Waals surface area contributed by atoms with Crippen LogP contribution in [-0.4, -0.2) is 9.97 Å². The quantitative estimate of drug-likeness (QED) is 0.321. The fraction of sp³-hybridized carbons (Fsp3) is 0.0741. The Labute approximate surface area is 171 Å². The Morgan fingerprint density at radius 1 is 0.552 bits per heavy atom. The van der Waals surface area contributed by atoms with Crippen molar-refractivity contribution < 1.29 is 0 Å². The van der Waals surface area contributed by atoms with Gasteiger partial charge in [0, 0.05) is 29.7 Å². The van der Waals surface area contributed by atoms with Gasteiger partial charge in [0.05, 0.1) is 0 Å². The molecule has 0 saturated carbocycles. The topological polar surface area (TPSA) is 31.6 Å². The highest BCUT2D eigenvalue weighted by Gasteiger charge is 2.17. The van der Waals surface area contributed by atoms with Crippen molar-refractivity contribution in [3.63, 3.8) is 0 Å². The number of nitrogens with one attached hydrogen (secondary N) is 2. The van der Waals surface area contributed by atoms with E-state index in [4.69, 9.17) is 0 Å². The van der Waals surface area contributed by atoms with E-state index in [0.717, 1.165) is 0 Å². The van der Waals surface area contributed by atoms with Crippen LogP contribution in [0.2, 0.25) is 0 Å². The Bertz CT molecular complexity index is 1040. The molecule has 0 amide bonds. The molecule has 2 heterocycles. The van der Waals surface area contributed by atoms with Gasteiger partial charge in [-0.05, 0) is 41.3 Å². The van der Waals surface area contributed by atoms with Gasteiger partial charge < -0.3 is 9.97 Å². The fourth-order valence-electron chi connectivity index (χ4n) is 4.28. The van der Waals surface area contributed by atoms with Gasteiger partial charge in [0.1, 0.15) is 0 Å². The molecule has 2 nitrogen and oxygen atoms in total. The molecule has 2 aromatic heterocycles. The molecule has 2 atom stereocenters. The van der Waals surface area contributed by atoms with Crippen LogP contribution in [0.1, 0.15) is 45.5 Å². The lowest BCUT2D eigenvalue weighted by atomic mass is 9.88. The second-order valence-electron chi connectivity index (χ2n) is 7.42. The Morgan fingerprint density at radius 2 is 1.10 bits per heavy atom. The lowest BCUT2D eigenvalue weighted by molar-refractivity contribution is 0.920. The van der Waals surface area contributed by atoms with E-state index >= 15 is 0 Å². The molecule has 2 unspecified atom stereocenters. The molecule has 0 saturated heterocycles. The minimum Gasteiger partial charge on any atom is -0.365 e. The van der Waals surface area contributed by atoms with Crippen molar-refractivity contribution in [1.29, 1.82) is 0 Å². The molecule has 2 heteroatoms. The number of aromatic nitrogens is 2.